The zero-order valence-electron chi connectivity index (χ0n) is 11.8. The van der Waals surface area contributed by atoms with Crippen molar-refractivity contribution < 1.29 is 13.2 Å². The lowest BCUT2D eigenvalue weighted by Gasteiger charge is -2.16. The second kappa shape index (κ2) is 5.79. The average molecular weight is 326 g/mol. The molecule has 1 heterocycles. The Balaban J connectivity index is 2.10. The average Bonchev–Trinajstić information content (AvgIpc) is 2.97. The summed E-state index contributed by atoms with van der Waals surface area (Å²) in [6.07, 6.45) is 4.04. The van der Waals surface area contributed by atoms with Crippen molar-refractivity contribution in [1.82, 2.24) is 9.55 Å². The number of aromatic nitrogens is 2. The van der Waals surface area contributed by atoms with Gasteiger partial charge >= 0.3 is 0 Å². The molecule has 0 unspecified atom stereocenters. The third-order valence-corrected chi connectivity index (χ3v) is 4.44. The van der Waals surface area contributed by atoms with Gasteiger partial charge in [0.25, 0.3) is 5.56 Å². The highest BCUT2D eigenvalue weighted by molar-refractivity contribution is 7.98. The molecule has 0 saturated carbocycles. The van der Waals surface area contributed by atoms with Crippen molar-refractivity contribution in [3.63, 3.8) is 0 Å². The van der Waals surface area contributed by atoms with Gasteiger partial charge in [0.2, 0.25) is 0 Å². The van der Waals surface area contributed by atoms with Crippen LogP contribution in [0.4, 0.5) is 13.2 Å². The molecule has 7 heteroatoms. The molecule has 22 heavy (non-hydrogen) atoms. The first kappa shape index (κ1) is 15.1. The quantitative estimate of drug-likeness (QED) is 0.494. The Bertz CT molecular complexity index is 781. The molecular weight excluding hydrogens is 313 g/mol. The Hall–Kier alpha value is -1.76. The molecule has 0 atom stereocenters. The second-order valence-electron chi connectivity index (χ2n) is 5.14. The number of hydrogen-bond acceptors (Lipinski definition) is 3. The minimum Gasteiger partial charge on any atom is -0.320 e. The molecule has 1 aromatic carbocycles. The van der Waals surface area contributed by atoms with Gasteiger partial charge in [-0.3, -0.25) is 4.79 Å². The van der Waals surface area contributed by atoms with E-state index < -0.39 is 17.5 Å². The molecule has 116 valence electrons. The summed E-state index contributed by atoms with van der Waals surface area (Å²) >= 11 is 1.30. The van der Waals surface area contributed by atoms with Crippen LogP contribution >= 0.6 is 11.8 Å². The van der Waals surface area contributed by atoms with Crippen LogP contribution in [0.5, 0.6) is 0 Å². The molecule has 1 aromatic heterocycles. The van der Waals surface area contributed by atoms with E-state index >= 15 is 0 Å². The van der Waals surface area contributed by atoms with Crippen LogP contribution in [-0.2, 0) is 19.4 Å². The maximum atomic E-state index is 13.4. The lowest BCUT2D eigenvalue weighted by molar-refractivity contribution is 0.444. The summed E-state index contributed by atoms with van der Waals surface area (Å²) in [5.74, 6) is -3.91. The minimum absolute atomic E-state index is 0.153. The fourth-order valence-corrected chi connectivity index (χ4v) is 3.36. The normalized spacial score (nSPS) is 13.5. The number of fused-ring (bicyclic) bond motifs is 1. The fraction of sp³-hybridized carbons (Fsp3) is 0.333. The first-order valence-corrected chi connectivity index (χ1v) is 8.03. The van der Waals surface area contributed by atoms with Gasteiger partial charge in [0.05, 0.1) is 0 Å². The summed E-state index contributed by atoms with van der Waals surface area (Å²) in [6.45, 7) is 0.153. The number of rotatable bonds is 3. The summed E-state index contributed by atoms with van der Waals surface area (Å²) in [6, 6.07) is 1.95. The van der Waals surface area contributed by atoms with Gasteiger partial charge in [-0.15, -0.1) is 0 Å². The fourth-order valence-electron chi connectivity index (χ4n) is 2.79. The van der Waals surface area contributed by atoms with Crippen molar-refractivity contribution in [2.75, 3.05) is 6.26 Å². The molecule has 1 aliphatic carbocycles. The van der Waals surface area contributed by atoms with Gasteiger partial charge in [-0.05, 0) is 43.2 Å². The van der Waals surface area contributed by atoms with Gasteiger partial charge in [0, 0.05) is 17.8 Å². The Morgan fingerprint density at radius 3 is 2.55 bits per heavy atom. The third kappa shape index (κ3) is 2.54. The van der Waals surface area contributed by atoms with E-state index in [1.54, 1.807) is 10.8 Å². The molecule has 0 N–H and O–H groups in total. The Morgan fingerprint density at radius 1 is 1.23 bits per heavy atom. The highest BCUT2D eigenvalue weighted by atomic mass is 32.2. The largest absolute Gasteiger partial charge is 0.320 e. The molecule has 3 rings (SSSR count). The molecular formula is C15H13F3N2OS. The molecule has 0 radical (unpaired) electrons. The summed E-state index contributed by atoms with van der Waals surface area (Å²) in [7, 11) is 0. The smallest absolute Gasteiger partial charge is 0.277 e. The zero-order valence-corrected chi connectivity index (χ0v) is 12.6. The van der Waals surface area contributed by atoms with Crippen molar-refractivity contribution in [2.24, 2.45) is 0 Å². The van der Waals surface area contributed by atoms with Gasteiger partial charge in [0.1, 0.15) is 0 Å². The maximum absolute atomic E-state index is 13.4. The van der Waals surface area contributed by atoms with Gasteiger partial charge in [0.15, 0.2) is 22.6 Å². The number of halogens is 3. The monoisotopic (exact) mass is 326 g/mol. The summed E-state index contributed by atoms with van der Waals surface area (Å²) in [4.78, 5) is 16.0. The summed E-state index contributed by atoms with van der Waals surface area (Å²) in [5.41, 5.74) is 1.59. The summed E-state index contributed by atoms with van der Waals surface area (Å²) in [5, 5.41) is 0.496. The Kier molecular flexibility index (Phi) is 3.99. The number of nitrogens with zero attached hydrogens (tertiary/aromatic N) is 2. The highest BCUT2D eigenvalue weighted by Gasteiger charge is 2.22. The number of thioether (sulfide) groups is 1. The van der Waals surface area contributed by atoms with Gasteiger partial charge in [-0.1, -0.05) is 11.8 Å². The lowest BCUT2D eigenvalue weighted by Crippen LogP contribution is -2.22. The van der Waals surface area contributed by atoms with E-state index in [2.05, 4.69) is 4.98 Å². The predicted octanol–water partition coefficient (Wildman–Crippen LogP) is 2.92. The Labute approximate surface area is 129 Å². The highest BCUT2D eigenvalue weighted by Crippen LogP contribution is 2.24. The summed E-state index contributed by atoms with van der Waals surface area (Å²) < 4.78 is 41.6. The molecule has 0 fully saturated rings. The van der Waals surface area contributed by atoms with Crippen LogP contribution in [0.15, 0.2) is 22.1 Å². The van der Waals surface area contributed by atoms with Gasteiger partial charge < -0.3 is 4.57 Å². The van der Waals surface area contributed by atoms with Crippen molar-refractivity contribution in [3.8, 4) is 0 Å². The second-order valence-corrected chi connectivity index (χ2v) is 5.92. The molecule has 2 aromatic rings. The molecule has 0 spiro atoms. The SMILES string of the molecule is CSc1nc(=O)c2c(n1Cc1cc(F)c(F)c(F)c1)CCC2. The van der Waals surface area contributed by atoms with Crippen LogP contribution in [0.3, 0.4) is 0 Å². The molecule has 0 amide bonds. The van der Waals surface area contributed by atoms with Crippen LogP contribution in [0.1, 0.15) is 23.2 Å². The van der Waals surface area contributed by atoms with E-state index in [0.29, 0.717) is 22.7 Å². The van der Waals surface area contributed by atoms with Gasteiger partial charge in [-0.25, -0.2) is 13.2 Å². The zero-order chi connectivity index (χ0) is 15.9. The number of hydrogen-bond donors (Lipinski definition) is 0. The maximum Gasteiger partial charge on any atom is 0.277 e. The van der Waals surface area contributed by atoms with E-state index in [1.807, 2.05) is 0 Å². The van der Waals surface area contributed by atoms with E-state index in [9.17, 15) is 18.0 Å². The Morgan fingerprint density at radius 2 is 1.91 bits per heavy atom. The van der Waals surface area contributed by atoms with Crippen LogP contribution in [0.25, 0.3) is 0 Å². The lowest BCUT2D eigenvalue weighted by atomic mass is 10.2. The van der Waals surface area contributed by atoms with E-state index in [-0.39, 0.29) is 12.1 Å². The number of benzene rings is 1. The first-order valence-electron chi connectivity index (χ1n) is 6.81. The van der Waals surface area contributed by atoms with Crippen molar-refractivity contribution in [3.05, 3.63) is 56.8 Å². The molecule has 1 aliphatic rings. The predicted molar refractivity (Wildman–Crippen MR) is 77.7 cm³/mol. The van der Waals surface area contributed by atoms with Crippen LogP contribution in [0, 0.1) is 17.5 Å². The van der Waals surface area contributed by atoms with Crippen LogP contribution in [-0.4, -0.2) is 15.8 Å². The standard InChI is InChI=1S/C15H13F3N2OS/c1-22-15-19-14(21)9-3-2-4-12(9)20(15)7-8-5-10(16)13(18)11(17)6-8/h5-6H,2-4,7H2,1H3. The van der Waals surface area contributed by atoms with E-state index in [0.717, 1.165) is 30.7 Å². The van der Waals surface area contributed by atoms with Crippen molar-refractivity contribution >= 4 is 11.8 Å². The van der Waals surface area contributed by atoms with Crippen LogP contribution < -0.4 is 5.56 Å². The topological polar surface area (TPSA) is 34.9 Å². The van der Waals surface area contributed by atoms with E-state index in [1.165, 1.54) is 11.8 Å². The van der Waals surface area contributed by atoms with Gasteiger partial charge in [-0.2, -0.15) is 4.98 Å². The molecule has 0 saturated heterocycles. The molecule has 3 nitrogen and oxygen atoms in total. The molecule has 0 bridgehead atoms. The third-order valence-electron chi connectivity index (χ3n) is 3.77. The molecule has 0 aliphatic heterocycles. The van der Waals surface area contributed by atoms with Crippen LogP contribution in [0.2, 0.25) is 0 Å². The van der Waals surface area contributed by atoms with E-state index in [4.69, 9.17) is 0 Å². The minimum atomic E-state index is -1.47. The van der Waals surface area contributed by atoms with Crippen molar-refractivity contribution in [2.45, 2.75) is 31.0 Å². The van der Waals surface area contributed by atoms with Crippen molar-refractivity contribution in [1.29, 1.82) is 0 Å². The first-order chi connectivity index (χ1) is 10.5.